The minimum absolute atomic E-state index is 0.0709. The molecule has 0 atom stereocenters. The first-order valence-electron chi connectivity index (χ1n) is 10.9. The molecule has 0 saturated carbocycles. The third-order valence-electron chi connectivity index (χ3n) is 4.56. The monoisotopic (exact) mass is 422 g/mol. The second kappa shape index (κ2) is 16.5. The van der Waals surface area contributed by atoms with Crippen molar-refractivity contribution >= 4 is 11.8 Å². The van der Waals surface area contributed by atoms with Crippen molar-refractivity contribution in [1.29, 1.82) is 0 Å². The summed E-state index contributed by atoms with van der Waals surface area (Å²) in [5.74, 6) is -0.493. The minimum Gasteiger partial charge on any atom is -0.466 e. The van der Waals surface area contributed by atoms with Gasteiger partial charge in [0.15, 0.2) is 0 Å². The molecule has 0 N–H and O–H groups in total. The van der Waals surface area contributed by atoms with Gasteiger partial charge in [-0.3, -0.25) is 19.7 Å². The number of rotatable bonds is 12. The van der Waals surface area contributed by atoms with E-state index in [-0.39, 0.29) is 22.8 Å². The second-order valence-corrected chi connectivity index (χ2v) is 7.20. The molecule has 0 aromatic rings. The first-order chi connectivity index (χ1) is 14.3. The quantitative estimate of drug-likeness (QED) is 0.193. The molecule has 0 aromatic carbocycles. The maximum Gasteiger partial charge on any atom is 0.313 e. The Hall–Kier alpha value is -2.28. The Kier molecular flexibility index (Phi) is 15.3. The lowest BCUT2D eigenvalue weighted by molar-refractivity contribution is -0.420. The van der Waals surface area contributed by atoms with Gasteiger partial charge < -0.3 is 9.64 Å². The standard InChI is InChI=1S/C16H26N2O2.C7H12O3/c1-4-10-17(11-5-2)12-9-15-8-6-7-14(3)16(13-15)18(19)20;1-3-6(8)5-7(9)10-4-2/h6-7,13H,4-5,8-12H2,1-3H3;3-5H2,1-2H3. The Morgan fingerprint density at radius 2 is 1.77 bits per heavy atom. The van der Waals surface area contributed by atoms with E-state index >= 15 is 0 Å². The van der Waals surface area contributed by atoms with Crippen LogP contribution in [0.15, 0.2) is 35.1 Å². The summed E-state index contributed by atoms with van der Waals surface area (Å²) >= 11 is 0. The van der Waals surface area contributed by atoms with Crippen LogP contribution in [-0.2, 0) is 14.3 Å². The second-order valence-electron chi connectivity index (χ2n) is 7.20. The molecule has 0 aromatic heterocycles. The van der Waals surface area contributed by atoms with Crippen molar-refractivity contribution < 1.29 is 19.2 Å². The predicted molar refractivity (Wildman–Crippen MR) is 120 cm³/mol. The van der Waals surface area contributed by atoms with Gasteiger partial charge in [0.05, 0.1) is 11.5 Å². The van der Waals surface area contributed by atoms with Crippen molar-refractivity contribution in [3.63, 3.8) is 0 Å². The molecule has 30 heavy (non-hydrogen) atoms. The van der Waals surface area contributed by atoms with Crippen LogP contribution >= 0.6 is 0 Å². The molecule has 0 radical (unpaired) electrons. The number of esters is 1. The molecule has 0 aliphatic heterocycles. The Morgan fingerprint density at radius 3 is 2.27 bits per heavy atom. The fourth-order valence-corrected chi connectivity index (χ4v) is 2.98. The molecule has 0 spiro atoms. The summed E-state index contributed by atoms with van der Waals surface area (Å²) in [6, 6.07) is 0. The molecule has 170 valence electrons. The van der Waals surface area contributed by atoms with E-state index in [0.717, 1.165) is 56.5 Å². The summed E-state index contributed by atoms with van der Waals surface area (Å²) in [7, 11) is 0. The summed E-state index contributed by atoms with van der Waals surface area (Å²) in [5, 5.41) is 11.1. The molecule has 0 fully saturated rings. The van der Waals surface area contributed by atoms with Gasteiger partial charge in [0.2, 0.25) is 0 Å². The number of carbonyl (C=O) groups is 2. The van der Waals surface area contributed by atoms with Gasteiger partial charge in [-0.15, -0.1) is 0 Å². The zero-order valence-corrected chi connectivity index (χ0v) is 19.2. The van der Waals surface area contributed by atoms with E-state index in [0.29, 0.717) is 13.0 Å². The molecule has 0 bridgehead atoms. The maximum atomic E-state index is 11.1. The average Bonchev–Trinajstić information content (AvgIpc) is 2.88. The topological polar surface area (TPSA) is 89.8 Å². The first-order valence-corrected chi connectivity index (χ1v) is 10.9. The van der Waals surface area contributed by atoms with Gasteiger partial charge in [-0.05, 0) is 52.6 Å². The average molecular weight is 423 g/mol. The molecule has 0 heterocycles. The van der Waals surface area contributed by atoms with Crippen molar-refractivity contribution in [2.45, 2.75) is 73.1 Å². The van der Waals surface area contributed by atoms with E-state index in [9.17, 15) is 19.7 Å². The summed E-state index contributed by atoms with van der Waals surface area (Å²) in [4.78, 5) is 34.4. The lowest BCUT2D eigenvalue weighted by Gasteiger charge is -2.21. The number of carbonyl (C=O) groups excluding carboxylic acids is 2. The Morgan fingerprint density at radius 1 is 1.13 bits per heavy atom. The van der Waals surface area contributed by atoms with Crippen LogP contribution in [0.2, 0.25) is 0 Å². The summed E-state index contributed by atoms with van der Waals surface area (Å²) in [6.07, 6.45) is 10.0. The van der Waals surface area contributed by atoms with Crippen LogP contribution in [0.1, 0.15) is 73.1 Å². The molecule has 0 saturated heterocycles. The molecule has 0 unspecified atom stereocenters. The molecule has 7 nitrogen and oxygen atoms in total. The van der Waals surface area contributed by atoms with Gasteiger partial charge in [-0.1, -0.05) is 38.5 Å². The number of nitro groups is 1. The molecular formula is C23H38N2O5. The largest absolute Gasteiger partial charge is 0.466 e. The summed E-state index contributed by atoms with van der Waals surface area (Å²) in [6.45, 7) is 13.2. The third-order valence-corrected chi connectivity index (χ3v) is 4.56. The SMILES string of the molecule is CCCN(CCC)CCC1=CC([N+](=O)[O-])=C(C)C=CC1.CCOC(=O)CC(=O)CC. The number of nitrogens with zero attached hydrogens (tertiary/aromatic N) is 2. The van der Waals surface area contributed by atoms with Gasteiger partial charge >= 0.3 is 5.97 Å². The van der Waals surface area contributed by atoms with E-state index in [4.69, 9.17) is 0 Å². The van der Waals surface area contributed by atoms with Crippen molar-refractivity contribution in [3.8, 4) is 0 Å². The van der Waals surface area contributed by atoms with Crippen LogP contribution < -0.4 is 0 Å². The van der Waals surface area contributed by atoms with E-state index in [2.05, 4.69) is 23.5 Å². The van der Waals surface area contributed by atoms with Crippen molar-refractivity contribution in [1.82, 2.24) is 4.90 Å². The van der Waals surface area contributed by atoms with Gasteiger partial charge in [-0.2, -0.15) is 0 Å². The molecule has 1 rings (SSSR count). The van der Waals surface area contributed by atoms with Crippen LogP contribution in [0.4, 0.5) is 0 Å². The van der Waals surface area contributed by atoms with E-state index in [1.54, 1.807) is 26.8 Å². The van der Waals surface area contributed by atoms with Crippen LogP contribution in [0.3, 0.4) is 0 Å². The van der Waals surface area contributed by atoms with Crippen LogP contribution in [0, 0.1) is 10.1 Å². The summed E-state index contributed by atoms with van der Waals surface area (Å²) < 4.78 is 4.55. The Balaban J connectivity index is 0.000000710. The maximum absolute atomic E-state index is 11.1. The van der Waals surface area contributed by atoms with Gasteiger partial charge in [0.1, 0.15) is 12.2 Å². The third kappa shape index (κ3) is 12.3. The van der Waals surface area contributed by atoms with E-state index in [1.807, 2.05) is 12.2 Å². The van der Waals surface area contributed by atoms with E-state index < -0.39 is 5.97 Å². The summed E-state index contributed by atoms with van der Waals surface area (Å²) in [5.41, 5.74) is 2.14. The van der Waals surface area contributed by atoms with Crippen molar-refractivity contribution in [2.24, 2.45) is 0 Å². The highest BCUT2D eigenvalue weighted by Gasteiger charge is 2.15. The highest BCUT2D eigenvalue weighted by Crippen LogP contribution is 2.20. The van der Waals surface area contributed by atoms with Crippen LogP contribution in [0.25, 0.3) is 0 Å². The van der Waals surface area contributed by atoms with Crippen LogP contribution in [-0.4, -0.2) is 47.8 Å². The predicted octanol–water partition coefficient (Wildman–Crippen LogP) is 4.85. The normalized spacial score (nSPS) is 13.3. The highest BCUT2D eigenvalue weighted by atomic mass is 16.6. The molecule has 7 heteroatoms. The lowest BCUT2D eigenvalue weighted by atomic mass is 10.1. The fraction of sp³-hybridized carbons (Fsp3) is 0.652. The van der Waals surface area contributed by atoms with Gasteiger partial charge in [0.25, 0.3) is 5.70 Å². The zero-order chi connectivity index (χ0) is 22.9. The Bertz CT molecular complexity index is 644. The number of allylic oxidation sites excluding steroid dienone is 4. The minimum atomic E-state index is -0.422. The van der Waals surface area contributed by atoms with Crippen LogP contribution in [0.5, 0.6) is 0 Å². The lowest BCUT2D eigenvalue weighted by Crippen LogP contribution is -2.26. The Labute approximate surface area is 181 Å². The smallest absolute Gasteiger partial charge is 0.313 e. The molecule has 1 aliphatic rings. The van der Waals surface area contributed by atoms with Gasteiger partial charge in [-0.25, -0.2) is 0 Å². The number of Topliss-reactive ketones (excluding diaryl/α,β-unsaturated/α-hetero) is 1. The van der Waals surface area contributed by atoms with Crippen molar-refractivity contribution in [2.75, 3.05) is 26.2 Å². The number of hydrogen-bond acceptors (Lipinski definition) is 6. The number of hydrogen-bond donors (Lipinski definition) is 0. The number of ether oxygens (including phenoxy) is 1. The molecule has 0 amide bonds. The fourth-order valence-electron chi connectivity index (χ4n) is 2.98. The van der Waals surface area contributed by atoms with E-state index in [1.165, 1.54) is 0 Å². The molecular weight excluding hydrogens is 384 g/mol. The van der Waals surface area contributed by atoms with Crippen molar-refractivity contribution in [3.05, 3.63) is 45.2 Å². The zero-order valence-electron chi connectivity index (χ0n) is 19.2. The first kappa shape index (κ1) is 27.7. The molecule has 1 aliphatic carbocycles. The van der Waals surface area contributed by atoms with Gasteiger partial charge in [0, 0.05) is 24.6 Å². The number of ketones is 1. The highest BCUT2D eigenvalue weighted by molar-refractivity contribution is 5.95.